The molecule has 2 aromatic rings. The smallest absolute Gasteiger partial charge is 0.255 e. The van der Waals surface area contributed by atoms with Gasteiger partial charge in [-0.15, -0.1) is 0 Å². The molecule has 0 saturated carbocycles. The average molecular weight is 503 g/mol. The molecule has 0 aromatic heterocycles. The second-order valence-electron chi connectivity index (χ2n) is 9.78. The minimum atomic E-state index is -0.103. The summed E-state index contributed by atoms with van der Waals surface area (Å²) >= 11 is 1.74. The number of amidine groups is 1. The maximum atomic E-state index is 12.9. The Hall–Kier alpha value is -2.94. The summed E-state index contributed by atoms with van der Waals surface area (Å²) in [6.07, 6.45) is 6.96. The molecule has 0 bridgehead atoms. The molecular weight excluding hydrogens is 468 g/mol. The van der Waals surface area contributed by atoms with Crippen LogP contribution in [-0.2, 0) is 6.54 Å². The van der Waals surface area contributed by atoms with Crippen LogP contribution in [0, 0.1) is 12.8 Å². The zero-order valence-electron chi connectivity index (χ0n) is 21.0. The lowest BCUT2D eigenvalue weighted by Gasteiger charge is -2.32. The number of benzene rings is 2. The first-order valence-corrected chi connectivity index (χ1v) is 13.6. The van der Waals surface area contributed by atoms with Gasteiger partial charge in [0.1, 0.15) is 0 Å². The lowest BCUT2D eigenvalue weighted by Crippen LogP contribution is -2.43. The minimum absolute atomic E-state index is 0.103. The highest BCUT2D eigenvalue weighted by Gasteiger charge is 2.26. The quantitative estimate of drug-likeness (QED) is 0.609. The van der Waals surface area contributed by atoms with Gasteiger partial charge in [0.25, 0.3) is 5.91 Å². The fraction of sp³-hybridized carbons (Fsp3) is 0.393. The number of carbonyl (C=O) groups excluding carboxylic acids is 1. The predicted molar refractivity (Wildman–Crippen MR) is 151 cm³/mol. The number of likely N-dealkylation sites (N-methyl/N-ethyl adjacent to an activating group) is 1. The number of nitrogens with one attached hydrogen (secondary N) is 2. The van der Waals surface area contributed by atoms with Crippen LogP contribution in [0.4, 0.5) is 11.4 Å². The molecular formula is C28H34N6OS. The Morgan fingerprint density at radius 3 is 2.67 bits per heavy atom. The van der Waals surface area contributed by atoms with Gasteiger partial charge < -0.3 is 15.5 Å². The highest BCUT2D eigenvalue weighted by atomic mass is 32.2. The van der Waals surface area contributed by atoms with Crippen molar-refractivity contribution in [3.63, 3.8) is 0 Å². The Balaban J connectivity index is 1.18. The monoisotopic (exact) mass is 502 g/mol. The van der Waals surface area contributed by atoms with E-state index in [1.807, 2.05) is 42.7 Å². The summed E-state index contributed by atoms with van der Waals surface area (Å²) in [6.45, 7) is 7.36. The maximum Gasteiger partial charge on any atom is 0.255 e. The van der Waals surface area contributed by atoms with Crippen LogP contribution in [0.2, 0.25) is 0 Å². The van der Waals surface area contributed by atoms with E-state index in [9.17, 15) is 4.79 Å². The average Bonchev–Trinajstić information content (AvgIpc) is 3.37. The Kier molecular flexibility index (Phi) is 7.84. The summed E-state index contributed by atoms with van der Waals surface area (Å²) in [7, 11) is 2.17. The van der Waals surface area contributed by atoms with E-state index >= 15 is 0 Å². The Morgan fingerprint density at radius 2 is 1.92 bits per heavy atom. The van der Waals surface area contributed by atoms with Crippen molar-refractivity contribution in [1.82, 2.24) is 9.80 Å². The number of piperazine rings is 1. The molecule has 36 heavy (non-hydrogen) atoms. The number of thioether (sulfide) groups is 1. The molecule has 2 unspecified atom stereocenters. The van der Waals surface area contributed by atoms with Crippen LogP contribution in [-0.4, -0.2) is 72.1 Å². The van der Waals surface area contributed by atoms with Gasteiger partial charge in [0.05, 0.1) is 6.04 Å². The first-order valence-electron chi connectivity index (χ1n) is 12.6. The van der Waals surface area contributed by atoms with Gasteiger partial charge in [0.15, 0.2) is 5.17 Å². The largest absolute Gasteiger partial charge is 0.335 e. The van der Waals surface area contributed by atoms with Crippen LogP contribution in [0.5, 0.6) is 0 Å². The van der Waals surface area contributed by atoms with Crippen LogP contribution in [0.3, 0.4) is 0 Å². The van der Waals surface area contributed by atoms with E-state index in [4.69, 9.17) is 4.99 Å². The van der Waals surface area contributed by atoms with Crippen LogP contribution >= 0.6 is 11.8 Å². The Bertz CT molecular complexity index is 1170. The van der Waals surface area contributed by atoms with Gasteiger partial charge >= 0.3 is 0 Å². The van der Waals surface area contributed by atoms with E-state index in [0.717, 1.165) is 67.0 Å². The van der Waals surface area contributed by atoms with Gasteiger partial charge in [-0.1, -0.05) is 36.0 Å². The van der Waals surface area contributed by atoms with Gasteiger partial charge in [0, 0.05) is 73.7 Å². The number of carbonyl (C=O) groups is 1. The van der Waals surface area contributed by atoms with Gasteiger partial charge in [0.2, 0.25) is 0 Å². The SMILES string of the molecule is Cc1ccc(NC(=O)c2ccc(CN3CCN(C)CC3)cc2)cc1NC1=NC(C2C=NC=CC2)CS1. The first-order chi connectivity index (χ1) is 17.5. The second kappa shape index (κ2) is 11.4. The molecule has 1 saturated heterocycles. The van der Waals surface area contributed by atoms with Crippen molar-refractivity contribution in [3.8, 4) is 0 Å². The molecule has 2 atom stereocenters. The topological polar surface area (TPSA) is 72.3 Å². The van der Waals surface area contributed by atoms with Crippen molar-refractivity contribution >= 4 is 40.4 Å². The summed E-state index contributed by atoms with van der Waals surface area (Å²) in [5, 5.41) is 7.44. The Morgan fingerprint density at radius 1 is 1.11 bits per heavy atom. The fourth-order valence-electron chi connectivity index (χ4n) is 4.61. The molecule has 1 fully saturated rings. The number of hydrogen-bond donors (Lipinski definition) is 2. The number of anilines is 2. The number of aryl methyl sites for hydroxylation is 1. The lowest BCUT2D eigenvalue weighted by molar-refractivity contribution is 0.102. The van der Waals surface area contributed by atoms with Crippen LogP contribution in [0.1, 0.15) is 27.9 Å². The number of allylic oxidation sites excluding steroid dienone is 1. The van der Waals surface area contributed by atoms with Gasteiger partial charge in [-0.25, -0.2) is 0 Å². The molecule has 2 N–H and O–H groups in total. The van der Waals surface area contributed by atoms with Crippen LogP contribution < -0.4 is 10.6 Å². The standard InChI is InChI=1S/C28H34N6OS/c1-20-5-10-24(16-25(20)31-28-32-26(19-36-28)23-4-3-11-29-17-23)30-27(35)22-8-6-21(7-9-22)18-34-14-12-33(2)13-15-34/h3,5-11,16-17,23,26H,4,12-15,18-19H2,1-2H3,(H,30,35)(H,31,32). The third-order valence-electron chi connectivity index (χ3n) is 7.00. The zero-order valence-corrected chi connectivity index (χ0v) is 21.8. The second-order valence-corrected chi connectivity index (χ2v) is 10.8. The number of amides is 1. The van der Waals surface area contributed by atoms with E-state index in [1.165, 1.54) is 5.56 Å². The summed E-state index contributed by atoms with van der Waals surface area (Å²) in [5.41, 5.74) is 4.73. The molecule has 0 aliphatic carbocycles. The van der Waals surface area contributed by atoms with Crippen LogP contribution in [0.15, 0.2) is 64.7 Å². The van der Waals surface area contributed by atoms with Crippen LogP contribution in [0.25, 0.3) is 0 Å². The summed E-state index contributed by atoms with van der Waals surface area (Å²) < 4.78 is 0. The van der Waals surface area contributed by atoms with Gasteiger partial charge in [-0.05, 0) is 55.8 Å². The van der Waals surface area contributed by atoms with Crippen molar-refractivity contribution in [2.24, 2.45) is 15.9 Å². The van der Waals surface area contributed by atoms with Crippen molar-refractivity contribution in [1.29, 1.82) is 0 Å². The maximum absolute atomic E-state index is 12.9. The van der Waals surface area contributed by atoms with Crippen molar-refractivity contribution in [2.45, 2.75) is 25.9 Å². The van der Waals surface area contributed by atoms with E-state index in [0.29, 0.717) is 11.5 Å². The number of nitrogens with zero attached hydrogens (tertiary/aromatic N) is 4. The van der Waals surface area contributed by atoms with Crippen molar-refractivity contribution < 1.29 is 4.79 Å². The first kappa shape index (κ1) is 24.7. The highest BCUT2D eigenvalue weighted by molar-refractivity contribution is 8.14. The predicted octanol–water partition coefficient (Wildman–Crippen LogP) is 4.48. The van der Waals surface area contributed by atoms with Gasteiger partial charge in [-0.2, -0.15) is 0 Å². The lowest BCUT2D eigenvalue weighted by atomic mass is 9.98. The van der Waals surface area contributed by atoms with E-state index in [-0.39, 0.29) is 11.9 Å². The molecule has 3 aliphatic rings. The molecule has 7 nitrogen and oxygen atoms in total. The fourth-order valence-corrected chi connectivity index (χ4v) is 5.65. The summed E-state index contributed by atoms with van der Waals surface area (Å²) in [4.78, 5) is 26.9. The van der Waals surface area contributed by atoms with E-state index in [2.05, 4.69) is 57.6 Å². The number of hydrogen-bond acceptors (Lipinski definition) is 7. The van der Waals surface area contributed by atoms with E-state index < -0.39 is 0 Å². The molecule has 3 heterocycles. The van der Waals surface area contributed by atoms with Crippen molar-refractivity contribution in [2.75, 3.05) is 49.6 Å². The summed E-state index contributed by atoms with van der Waals surface area (Å²) in [6, 6.07) is 14.2. The molecule has 1 amide bonds. The normalized spacial score (nSPS) is 22.4. The molecule has 3 aliphatic heterocycles. The third-order valence-corrected chi connectivity index (χ3v) is 7.99. The zero-order chi connectivity index (χ0) is 24.9. The molecule has 2 aromatic carbocycles. The minimum Gasteiger partial charge on any atom is -0.335 e. The molecule has 8 heteroatoms. The summed E-state index contributed by atoms with van der Waals surface area (Å²) in [5.74, 6) is 1.21. The molecule has 0 radical (unpaired) electrons. The molecule has 0 spiro atoms. The third kappa shape index (κ3) is 6.24. The van der Waals surface area contributed by atoms with Crippen molar-refractivity contribution in [3.05, 3.63) is 71.4 Å². The molecule has 188 valence electrons. The van der Waals surface area contributed by atoms with E-state index in [1.54, 1.807) is 11.8 Å². The number of rotatable bonds is 6. The van der Waals surface area contributed by atoms with Gasteiger partial charge in [-0.3, -0.25) is 19.7 Å². The Labute approximate surface area is 217 Å². The molecule has 5 rings (SSSR count). The number of aliphatic imine (C=N–C) groups is 2. The highest BCUT2D eigenvalue weighted by Crippen LogP contribution is 2.29.